The molecule has 0 fully saturated rings. The highest BCUT2D eigenvalue weighted by molar-refractivity contribution is 9.12. The van der Waals surface area contributed by atoms with Crippen molar-refractivity contribution in [3.8, 4) is 0 Å². The lowest BCUT2D eigenvalue weighted by Crippen LogP contribution is -2.15. The lowest BCUT2D eigenvalue weighted by molar-refractivity contribution is 0.0997. The number of carbonyl (C=O) groups excluding carboxylic acids is 1. The molecule has 0 aliphatic heterocycles. The summed E-state index contributed by atoms with van der Waals surface area (Å²) >= 11 is 6.39. The van der Waals surface area contributed by atoms with Gasteiger partial charge in [0.15, 0.2) is 5.78 Å². The number of halogens is 3. The first-order chi connectivity index (χ1) is 6.56. The van der Waals surface area contributed by atoms with E-state index < -0.39 is 0 Å². The van der Waals surface area contributed by atoms with E-state index >= 15 is 0 Å². The zero-order chi connectivity index (χ0) is 10.7. The van der Waals surface area contributed by atoms with Crippen molar-refractivity contribution < 1.29 is 9.18 Å². The van der Waals surface area contributed by atoms with Gasteiger partial charge in [0, 0.05) is 10.9 Å². The van der Waals surface area contributed by atoms with Gasteiger partial charge in [-0.05, 0) is 18.6 Å². The maximum atomic E-state index is 13.1. The number of hydrogen-bond donors (Lipinski definition) is 0. The predicted molar refractivity (Wildman–Crippen MR) is 62.0 cm³/mol. The number of Topliss-reactive ketones (excluding diaryl/α,β-unsaturated/α-hetero) is 1. The number of carbonyl (C=O) groups is 1. The maximum absolute atomic E-state index is 13.1. The van der Waals surface area contributed by atoms with E-state index in [1.165, 1.54) is 6.07 Å². The van der Waals surface area contributed by atoms with Crippen molar-refractivity contribution in [2.75, 3.05) is 5.33 Å². The summed E-state index contributed by atoms with van der Waals surface area (Å²) in [6, 6.07) is 4.52. The lowest BCUT2D eigenvalue weighted by Gasteiger charge is -2.05. The maximum Gasteiger partial charge on any atom is 0.177 e. The van der Waals surface area contributed by atoms with Crippen LogP contribution >= 0.6 is 31.9 Å². The second-order valence-corrected chi connectivity index (χ2v) is 4.70. The van der Waals surface area contributed by atoms with Gasteiger partial charge in [0.2, 0.25) is 0 Å². The third-order valence-corrected chi connectivity index (χ3v) is 4.13. The van der Waals surface area contributed by atoms with Gasteiger partial charge in [-0.1, -0.05) is 44.0 Å². The molecule has 76 valence electrons. The number of hydrogen-bond acceptors (Lipinski definition) is 1. The molecule has 1 atom stereocenters. The first-order valence-electron chi connectivity index (χ1n) is 4.06. The average molecular weight is 324 g/mol. The molecule has 0 amide bonds. The summed E-state index contributed by atoms with van der Waals surface area (Å²) in [7, 11) is 0. The van der Waals surface area contributed by atoms with Crippen LogP contribution in [0.5, 0.6) is 0 Å². The second kappa shape index (κ2) is 5.03. The molecule has 0 spiro atoms. The van der Waals surface area contributed by atoms with Crippen molar-refractivity contribution in [3.63, 3.8) is 0 Å². The third kappa shape index (κ3) is 2.64. The topological polar surface area (TPSA) is 17.1 Å². The third-order valence-electron chi connectivity index (χ3n) is 1.88. The molecule has 0 saturated carbocycles. The largest absolute Gasteiger partial charge is 0.293 e. The summed E-state index contributed by atoms with van der Waals surface area (Å²) in [6.45, 7) is 1.67. The Morgan fingerprint density at radius 1 is 1.57 bits per heavy atom. The number of rotatable bonds is 3. The van der Waals surface area contributed by atoms with E-state index in [1.54, 1.807) is 19.1 Å². The predicted octanol–water partition coefficient (Wildman–Crippen LogP) is 3.48. The Hall–Kier alpha value is -0.220. The number of benzene rings is 1. The minimum absolute atomic E-state index is 0.110. The Labute approximate surface area is 99.0 Å². The van der Waals surface area contributed by atoms with Crippen LogP contribution < -0.4 is 0 Å². The van der Waals surface area contributed by atoms with E-state index in [-0.39, 0.29) is 16.4 Å². The van der Waals surface area contributed by atoms with Crippen LogP contribution in [0, 0.1) is 12.7 Å². The average Bonchev–Trinajstić information content (AvgIpc) is 2.20. The zero-order valence-electron chi connectivity index (χ0n) is 7.56. The molecule has 0 radical (unpaired) electrons. The van der Waals surface area contributed by atoms with Crippen molar-refractivity contribution in [1.29, 1.82) is 0 Å². The van der Waals surface area contributed by atoms with Gasteiger partial charge in [0.1, 0.15) is 5.82 Å². The van der Waals surface area contributed by atoms with E-state index in [9.17, 15) is 9.18 Å². The summed E-state index contributed by atoms with van der Waals surface area (Å²) in [5, 5.41) is 0.515. The lowest BCUT2D eigenvalue weighted by atomic mass is 10.1. The van der Waals surface area contributed by atoms with Crippen LogP contribution in [-0.2, 0) is 0 Å². The van der Waals surface area contributed by atoms with Crippen LogP contribution in [0.1, 0.15) is 15.9 Å². The highest BCUT2D eigenvalue weighted by Gasteiger charge is 2.16. The summed E-state index contributed by atoms with van der Waals surface area (Å²) in [6.07, 6.45) is 0. The number of alkyl halides is 2. The fraction of sp³-hybridized carbons (Fsp3) is 0.300. The molecule has 14 heavy (non-hydrogen) atoms. The monoisotopic (exact) mass is 322 g/mol. The highest BCUT2D eigenvalue weighted by Crippen LogP contribution is 2.15. The van der Waals surface area contributed by atoms with E-state index in [4.69, 9.17) is 0 Å². The van der Waals surface area contributed by atoms with Gasteiger partial charge < -0.3 is 0 Å². The van der Waals surface area contributed by atoms with E-state index in [0.29, 0.717) is 16.5 Å². The molecule has 0 aromatic heterocycles. The fourth-order valence-electron chi connectivity index (χ4n) is 0.997. The molecule has 0 aliphatic carbocycles. The van der Waals surface area contributed by atoms with Crippen molar-refractivity contribution in [2.24, 2.45) is 0 Å². The molecular formula is C10H9Br2FO. The molecule has 1 aromatic carbocycles. The number of ketones is 1. The number of aryl methyl sites for hydroxylation is 1. The van der Waals surface area contributed by atoms with Gasteiger partial charge in [-0.2, -0.15) is 0 Å². The van der Waals surface area contributed by atoms with E-state index in [0.717, 1.165) is 0 Å². The SMILES string of the molecule is Cc1ccc(C(=O)C(Br)CBr)cc1F. The normalized spacial score (nSPS) is 12.6. The first-order valence-corrected chi connectivity index (χ1v) is 6.10. The van der Waals surface area contributed by atoms with Gasteiger partial charge in [0.25, 0.3) is 0 Å². The Kier molecular flexibility index (Phi) is 4.26. The molecule has 0 bridgehead atoms. The van der Waals surface area contributed by atoms with Gasteiger partial charge in [-0.3, -0.25) is 4.79 Å². The van der Waals surface area contributed by atoms with Crippen molar-refractivity contribution in [2.45, 2.75) is 11.8 Å². The van der Waals surface area contributed by atoms with Gasteiger partial charge in [-0.15, -0.1) is 0 Å². The second-order valence-electron chi connectivity index (χ2n) is 2.95. The standard InChI is InChI=1S/C10H9Br2FO/c1-6-2-3-7(4-9(6)13)10(14)8(12)5-11/h2-4,8H,5H2,1H3. The molecule has 1 unspecified atom stereocenters. The summed E-state index contributed by atoms with van der Waals surface area (Å²) < 4.78 is 13.1. The molecule has 0 aliphatic rings. The molecule has 1 nitrogen and oxygen atoms in total. The van der Waals surface area contributed by atoms with Gasteiger partial charge >= 0.3 is 0 Å². The Bertz CT molecular complexity index is 352. The molecule has 0 saturated heterocycles. The quantitative estimate of drug-likeness (QED) is 0.615. The van der Waals surface area contributed by atoms with Crippen LogP contribution in [-0.4, -0.2) is 15.9 Å². The molecule has 4 heteroatoms. The first kappa shape index (κ1) is 11.9. The van der Waals surface area contributed by atoms with Crippen LogP contribution in [0.15, 0.2) is 18.2 Å². The summed E-state index contributed by atoms with van der Waals surface area (Å²) in [5.74, 6) is -0.453. The van der Waals surface area contributed by atoms with E-state index in [1.807, 2.05) is 0 Å². The van der Waals surface area contributed by atoms with Crippen LogP contribution in [0.3, 0.4) is 0 Å². The Morgan fingerprint density at radius 2 is 2.21 bits per heavy atom. The summed E-state index contributed by atoms with van der Waals surface area (Å²) in [5.41, 5.74) is 0.945. The van der Waals surface area contributed by atoms with Crippen molar-refractivity contribution in [1.82, 2.24) is 0 Å². The minimum atomic E-state index is -0.342. The molecule has 1 aromatic rings. The minimum Gasteiger partial charge on any atom is -0.293 e. The molecule has 0 N–H and O–H groups in total. The van der Waals surface area contributed by atoms with Crippen LogP contribution in [0.4, 0.5) is 4.39 Å². The Morgan fingerprint density at radius 3 is 2.71 bits per heavy atom. The smallest absolute Gasteiger partial charge is 0.177 e. The molecular weight excluding hydrogens is 315 g/mol. The molecule has 1 rings (SSSR count). The highest BCUT2D eigenvalue weighted by atomic mass is 79.9. The fourth-order valence-corrected chi connectivity index (χ4v) is 1.56. The van der Waals surface area contributed by atoms with Gasteiger partial charge in [-0.25, -0.2) is 4.39 Å². The Balaban J connectivity index is 2.97. The molecule has 0 heterocycles. The zero-order valence-corrected chi connectivity index (χ0v) is 10.7. The van der Waals surface area contributed by atoms with Crippen LogP contribution in [0.25, 0.3) is 0 Å². The van der Waals surface area contributed by atoms with Crippen LogP contribution in [0.2, 0.25) is 0 Å². The van der Waals surface area contributed by atoms with Crippen molar-refractivity contribution in [3.05, 3.63) is 35.1 Å². The van der Waals surface area contributed by atoms with Crippen molar-refractivity contribution >= 4 is 37.6 Å². The van der Waals surface area contributed by atoms with E-state index in [2.05, 4.69) is 31.9 Å². The van der Waals surface area contributed by atoms with Gasteiger partial charge in [0.05, 0.1) is 4.83 Å². The summed E-state index contributed by atoms with van der Waals surface area (Å²) in [4.78, 5) is 11.3.